The molecule has 0 amide bonds. The van der Waals surface area contributed by atoms with Gasteiger partial charge in [0.1, 0.15) is 17.3 Å². The van der Waals surface area contributed by atoms with Gasteiger partial charge in [0.05, 0.1) is 6.61 Å². The molecule has 18 heavy (non-hydrogen) atoms. The number of fused-ring (bicyclic) bond motifs is 1. The van der Waals surface area contributed by atoms with E-state index in [2.05, 4.69) is 9.68 Å². The second kappa shape index (κ2) is 3.83. The maximum absolute atomic E-state index is 13.9. The van der Waals surface area contributed by atoms with Crippen LogP contribution in [0.3, 0.4) is 0 Å². The van der Waals surface area contributed by atoms with E-state index in [1.54, 1.807) is 6.07 Å². The number of carboxylic acid groups (broad SMARTS) is 1. The zero-order valence-corrected chi connectivity index (χ0v) is 9.14. The predicted molar refractivity (Wildman–Crippen MR) is 58.1 cm³/mol. The molecular formula is C12H8FNO4. The van der Waals surface area contributed by atoms with Crippen molar-refractivity contribution in [1.82, 2.24) is 5.16 Å². The summed E-state index contributed by atoms with van der Waals surface area (Å²) in [6, 6.07) is 4.04. The van der Waals surface area contributed by atoms with Crippen LogP contribution in [-0.4, -0.2) is 22.8 Å². The zero-order chi connectivity index (χ0) is 12.7. The van der Waals surface area contributed by atoms with Gasteiger partial charge in [-0.15, -0.1) is 0 Å². The highest BCUT2D eigenvalue weighted by atomic mass is 19.1. The molecule has 0 bridgehead atoms. The number of carbonyl (C=O) groups is 1. The number of nitrogens with zero attached hydrogens (tertiary/aromatic N) is 1. The van der Waals surface area contributed by atoms with Crippen molar-refractivity contribution in [2.24, 2.45) is 0 Å². The van der Waals surface area contributed by atoms with E-state index in [0.717, 1.165) is 0 Å². The average molecular weight is 249 g/mol. The van der Waals surface area contributed by atoms with Gasteiger partial charge in [0, 0.05) is 23.6 Å². The van der Waals surface area contributed by atoms with Crippen molar-refractivity contribution in [1.29, 1.82) is 0 Å². The van der Waals surface area contributed by atoms with E-state index >= 15 is 0 Å². The largest absolute Gasteiger partial charge is 0.493 e. The lowest BCUT2D eigenvalue weighted by Gasteiger charge is -2.04. The molecular weight excluding hydrogens is 241 g/mol. The minimum atomic E-state index is -1.24. The monoisotopic (exact) mass is 249 g/mol. The van der Waals surface area contributed by atoms with Crippen LogP contribution in [0.2, 0.25) is 0 Å². The Hall–Kier alpha value is -2.37. The summed E-state index contributed by atoms with van der Waals surface area (Å²) in [5, 5.41) is 12.4. The molecule has 2 heterocycles. The summed E-state index contributed by atoms with van der Waals surface area (Å²) in [4.78, 5) is 10.7. The molecule has 0 spiro atoms. The first-order valence-electron chi connectivity index (χ1n) is 5.31. The van der Waals surface area contributed by atoms with E-state index in [9.17, 15) is 9.18 Å². The SMILES string of the molecule is O=C(O)c1cc(-c2c(F)ccc3c2CCO3)no1. The second-order valence-electron chi connectivity index (χ2n) is 3.88. The summed E-state index contributed by atoms with van der Waals surface area (Å²) in [5.74, 6) is -1.42. The van der Waals surface area contributed by atoms with Gasteiger partial charge in [-0.3, -0.25) is 0 Å². The van der Waals surface area contributed by atoms with E-state index < -0.39 is 11.8 Å². The van der Waals surface area contributed by atoms with Crippen LogP contribution in [0.1, 0.15) is 16.1 Å². The van der Waals surface area contributed by atoms with Gasteiger partial charge in [-0.05, 0) is 12.1 Å². The molecule has 1 aliphatic heterocycles. The van der Waals surface area contributed by atoms with Crippen LogP contribution in [0.15, 0.2) is 22.7 Å². The Labute approximate surface area is 101 Å². The van der Waals surface area contributed by atoms with Crippen LogP contribution in [0.5, 0.6) is 5.75 Å². The quantitative estimate of drug-likeness (QED) is 0.882. The van der Waals surface area contributed by atoms with Gasteiger partial charge < -0.3 is 14.4 Å². The fraction of sp³-hybridized carbons (Fsp3) is 0.167. The van der Waals surface area contributed by atoms with E-state index in [1.165, 1.54) is 12.1 Å². The summed E-state index contributed by atoms with van der Waals surface area (Å²) < 4.78 is 23.8. The van der Waals surface area contributed by atoms with Crippen LogP contribution >= 0.6 is 0 Å². The molecule has 0 saturated heterocycles. The first-order chi connectivity index (χ1) is 8.66. The third-order valence-electron chi connectivity index (χ3n) is 2.81. The van der Waals surface area contributed by atoms with Gasteiger partial charge >= 0.3 is 5.97 Å². The minimum absolute atomic E-state index is 0.173. The Morgan fingerprint density at radius 3 is 3.00 bits per heavy atom. The maximum atomic E-state index is 13.9. The lowest BCUT2D eigenvalue weighted by atomic mass is 10.0. The van der Waals surface area contributed by atoms with Gasteiger partial charge in [-0.25, -0.2) is 9.18 Å². The summed E-state index contributed by atoms with van der Waals surface area (Å²) in [5.41, 5.74) is 1.12. The summed E-state index contributed by atoms with van der Waals surface area (Å²) in [6.07, 6.45) is 0.567. The van der Waals surface area contributed by atoms with Crippen molar-refractivity contribution in [3.8, 4) is 17.0 Å². The Balaban J connectivity index is 2.16. The molecule has 1 aromatic heterocycles. The third-order valence-corrected chi connectivity index (χ3v) is 2.81. The predicted octanol–water partition coefficient (Wildman–Crippen LogP) is 2.11. The van der Waals surface area contributed by atoms with Crippen LogP contribution in [0, 0.1) is 5.82 Å². The number of aromatic nitrogens is 1. The van der Waals surface area contributed by atoms with Crippen molar-refractivity contribution in [3.05, 3.63) is 35.3 Å². The van der Waals surface area contributed by atoms with E-state index in [-0.39, 0.29) is 17.0 Å². The van der Waals surface area contributed by atoms with Gasteiger partial charge in [-0.1, -0.05) is 5.16 Å². The van der Waals surface area contributed by atoms with E-state index in [4.69, 9.17) is 9.84 Å². The third kappa shape index (κ3) is 1.54. The lowest BCUT2D eigenvalue weighted by molar-refractivity contribution is 0.0652. The first kappa shape index (κ1) is 10.8. The van der Waals surface area contributed by atoms with Crippen molar-refractivity contribution in [2.45, 2.75) is 6.42 Å². The van der Waals surface area contributed by atoms with E-state index in [1.807, 2.05) is 0 Å². The molecule has 6 heteroatoms. The molecule has 3 rings (SSSR count). The number of aromatic carboxylic acids is 1. The smallest absolute Gasteiger partial charge is 0.374 e. The molecule has 5 nitrogen and oxygen atoms in total. The molecule has 0 saturated carbocycles. The molecule has 92 valence electrons. The molecule has 0 unspecified atom stereocenters. The Kier molecular flexibility index (Phi) is 2.29. The first-order valence-corrected chi connectivity index (χ1v) is 5.31. The minimum Gasteiger partial charge on any atom is -0.493 e. The fourth-order valence-electron chi connectivity index (χ4n) is 2.02. The Morgan fingerprint density at radius 1 is 1.44 bits per heavy atom. The highest BCUT2D eigenvalue weighted by Crippen LogP contribution is 2.36. The molecule has 2 aromatic rings. The van der Waals surface area contributed by atoms with E-state index in [0.29, 0.717) is 24.3 Å². The number of ether oxygens (including phenoxy) is 1. The molecule has 1 aliphatic rings. The van der Waals surface area contributed by atoms with Gasteiger partial charge in [0.15, 0.2) is 0 Å². The number of rotatable bonds is 2. The molecule has 0 aliphatic carbocycles. The fourth-order valence-corrected chi connectivity index (χ4v) is 2.02. The molecule has 0 atom stereocenters. The highest BCUT2D eigenvalue weighted by molar-refractivity contribution is 5.86. The van der Waals surface area contributed by atoms with Crippen LogP contribution in [0.25, 0.3) is 11.3 Å². The molecule has 1 N–H and O–H groups in total. The zero-order valence-electron chi connectivity index (χ0n) is 9.14. The van der Waals surface area contributed by atoms with Crippen LogP contribution < -0.4 is 4.74 Å². The number of carboxylic acids is 1. The number of halogens is 1. The standard InChI is InChI=1S/C12H8FNO4/c13-7-1-2-9-6(3-4-17-9)11(7)8-5-10(12(15)16)18-14-8/h1-2,5H,3-4H2,(H,15,16). The van der Waals surface area contributed by atoms with Crippen LogP contribution in [0.4, 0.5) is 4.39 Å². The topological polar surface area (TPSA) is 72.6 Å². The Morgan fingerprint density at radius 2 is 2.28 bits per heavy atom. The van der Waals surface area contributed by atoms with Crippen LogP contribution in [-0.2, 0) is 6.42 Å². The summed E-state index contributed by atoms with van der Waals surface area (Å²) in [6.45, 7) is 0.482. The molecule has 0 fully saturated rings. The highest BCUT2D eigenvalue weighted by Gasteiger charge is 2.23. The van der Waals surface area contributed by atoms with Crippen molar-refractivity contribution in [3.63, 3.8) is 0 Å². The van der Waals surface area contributed by atoms with Gasteiger partial charge in [0.25, 0.3) is 0 Å². The lowest BCUT2D eigenvalue weighted by Crippen LogP contribution is -1.93. The van der Waals surface area contributed by atoms with Gasteiger partial charge in [0.2, 0.25) is 5.76 Å². The average Bonchev–Trinajstić information content (AvgIpc) is 2.95. The normalized spacial score (nSPS) is 13.2. The number of benzene rings is 1. The maximum Gasteiger partial charge on any atom is 0.374 e. The number of hydrogen-bond donors (Lipinski definition) is 1. The second-order valence-corrected chi connectivity index (χ2v) is 3.88. The summed E-state index contributed by atoms with van der Waals surface area (Å²) in [7, 11) is 0. The molecule has 1 aromatic carbocycles. The van der Waals surface area contributed by atoms with Crippen molar-refractivity contribution in [2.75, 3.05) is 6.61 Å². The van der Waals surface area contributed by atoms with Gasteiger partial charge in [-0.2, -0.15) is 0 Å². The van der Waals surface area contributed by atoms with Crippen molar-refractivity contribution >= 4 is 5.97 Å². The number of hydrogen-bond acceptors (Lipinski definition) is 4. The summed E-state index contributed by atoms with van der Waals surface area (Å²) >= 11 is 0. The van der Waals surface area contributed by atoms with Crippen molar-refractivity contribution < 1.29 is 23.6 Å². The molecule has 0 radical (unpaired) electrons. The Bertz CT molecular complexity index is 635.